The van der Waals surface area contributed by atoms with E-state index in [0.29, 0.717) is 23.9 Å². The van der Waals surface area contributed by atoms with E-state index in [4.69, 9.17) is 14.6 Å². The zero-order valence-electron chi connectivity index (χ0n) is 14.5. The van der Waals surface area contributed by atoms with Crippen molar-refractivity contribution in [2.75, 3.05) is 6.61 Å². The third-order valence-electron chi connectivity index (χ3n) is 4.21. The molecule has 1 atom stereocenters. The molecule has 1 unspecified atom stereocenters. The van der Waals surface area contributed by atoms with E-state index in [1.807, 2.05) is 41.9 Å². The van der Waals surface area contributed by atoms with E-state index in [1.54, 1.807) is 18.2 Å². The largest absolute Gasteiger partial charge is 0.485 e. The Morgan fingerprint density at radius 2 is 2.04 bits per heavy atom. The van der Waals surface area contributed by atoms with Crippen LogP contribution >= 0.6 is 11.8 Å². The van der Waals surface area contributed by atoms with Crippen LogP contribution in [0.25, 0.3) is 0 Å². The second-order valence-electron chi connectivity index (χ2n) is 6.06. The molecule has 7 nitrogen and oxygen atoms in total. The fourth-order valence-electron chi connectivity index (χ4n) is 2.82. The third kappa shape index (κ3) is 3.61. The molecule has 0 fully saturated rings. The highest BCUT2D eigenvalue weighted by Crippen LogP contribution is 2.36. The Hall–Kier alpha value is -3.00. The summed E-state index contributed by atoms with van der Waals surface area (Å²) in [5, 5.41) is 18.3. The summed E-state index contributed by atoms with van der Waals surface area (Å²) in [5.74, 6) is 1.77. The van der Waals surface area contributed by atoms with E-state index in [2.05, 4.69) is 10.2 Å². The highest BCUT2D eigenvalue weighted by molar-refractivity contribution is 7.98. The predicted octanol–water partition coefficient (Wildman–Crippen LogP) is 3.32. The maximum atomic E-state index is 11.1. The molecular formula is C19H17N3O4S. The fourth-order valence-corrected chi connectivity index (χ4v) is 3.68. The molecule has 138 valence electrons. The second-order valence-corrected chi connectivity index (χ2v) is 7.00. The topological polar surface area (TPSA) is 86.5 Å². The summed E-state index contributed by atoms with van der Waals surface area (Å²) in [6.45, 7) is 0.369. The molecule has 0 saturated carbocycles. The van der Waals surface area contributed by atoms with Gasteiger partial charge in [0, 0.05) is 12.8 Å². The van der Waals surface area contributed by atoms with Crippen LogP contribution in [0.1, 0.15) is 27.8 Å². The minimum absolute atomic E-state index is 0.276. The van der Waals surface area contributed by atoms with Crippen LogP contribution in [-0.2, 0) is 12.8 Å². The molecule has 2 heterocycles. The number of hydrogen-bond acceptors (Lipinski definition) is 6. The number of nitrogens with zero attached hydrogens (tertiary/aromatic N) is 3. The van der Waals surface area contributed by atoms with Gasteiger partial charge in [0.25, 0.3) is 0 Å². The summed E-state index contributed by atoms with van der Waals surface area (Å²) in [4.78, 5) is 11.1. The highest BCUT2D eigenvalue weighted by Gasteiger charge is 2.27. The number of hydrogen-bond donors (Lipinski definition) is 1. The number of aromatic nitrogens is 3. The molecule has 0 amide bonds. The summed E-state index contributed by atoms with van der Waals surface area (Å²) < 4.78 is 13.6. The summed E-state index contributed by atoms with van der Waals surface area (Å²) in [5.41, 5.74) is 1.19. The van der Waals surface area contributed by atoms with Gasteiger partial charge >= 0.3 is 5.97 Å². The number of thioether (sulfide) groups is 1. The maximum Gasteiger partial charge on any atom is 0.335 e. The number of aromatic carboxylic acids is 1. The first-order chi connectivity index (χ1) is 13.1. The van der Waals surface area contributed by atoms with Gasteiger partial charge in [0.15, 0.2) is 28.6 Å². The standard InChI is InChI=1S/C19H17N3O4S/c1-22-17(16-10-25-14-7-2-3-8-15(14)26-16)20-21-19(22)27-11-12-5-4-6-13(9-12)18(23)24/h2-9,16H,10-11H2,1H3,(H,23,24). The summed E-state index contributed by atoms with van der Waals surface area (Å²) >= 11 is 1.49. The molecule has 1 aliphatic heterocycles. The molecule has 4 rings (SSSR count). The van der Waals surface area contributed by atoms with Gasteiger partial charge in [-0.2, -0.15) is 0 Å². The minimum Gasteiger partial charge on any atom is -0.485 e. The van der Waals surface area contributed by atoms with Gasteiger partial charge in [0.1, 0.15) is 6.61 Å². The van der Waals surface area contributed by atoms with E-state index >= 15 is 0 Å². The first-order valence-electron chi connectivity index (χ1n) is 8.34. The lowest BCUT2D eigenvalue weighted by atomic mass is 10.1. The predicted molar refractivity (Wildman–Crippen MR) is 99.3 cm³/mol. The Morgan fingerprint density at radius 1 is 1.22 bits per heavy atom. The molecule has 0 bridgehead atoms. The van der Waals surface area contributed by atoms with Gasteiger partial charge in [-0.25, -0.2) is 4.79 Å². The minimum atomic E-state index is -0.933. The van der Waals surface area contributed by atoms with Crippen molar-refractivity contribution < 1.29 is 19.4 Å². The number of ether oxygens (including phenoxy) is 2. The number of rotatable bonds is 5. The number of carboxylic acid groups (broad SMARTS) is 1. The van der Waals surface area contributed by atoms with Crippen molar-refractivity contribution in [1.82, 2.24) is 14.8 Å². The van der Waals surface area contributed by atoms with Crippen LogP contribution < -0.4 is 9.47 Å². The van der Waals surface area contributed by atoms with Gasteiger partial charge in [0.2, 0.25) is 0 Å². The lowest BCUT2D eigenvalue weighted by molar-refractivity contribution is 0.0696. The van der Waals surface area contributed by atoms with Gasteiger partial charge in [-0.05, 0) is 29.8 Å². The van der Waals surface area contributed by atoms with E-state index in [0.717, 1.165) is 16.5 Å². The number of benzene rings is 2. The maximum absolute atomic E-state index is 11.1. The Labute approximate surface area is 159 Å². The van der Waals surface area contributed by atoms with Gasteiger partial charge < -0.3 is 19.1 Å². The zero-order chi connectivity index (χ0) is 18.8. The average Bonchev–Trinajstić information content (AvgIpc) is 3.06. The van der Waals surface area contributed by atoms with Crippen LogP contribution in [0.5, 0.6) is 11.5 Å². The van der Waals surface area contributed by atoms with Crippen molar-refractivity contribution in [2.24, 2.45) is 7.05 Å². The summed E-state index contributed by atoms with van der Waals surface area (Å²) in [6, 6.07) is 14.4. The van der Waals surface area contributed by atoms with E-state index in [1.165, 1.54) is 11.8 Å². The van der Waals surface area contributed by atoms with Crippen LogP contribution in [0.15, 0.2) is 53.7 Å². The first-order valence-corrected chi connectivity index (χ1v) is 9.33. The number of carbonyl (C=O) groups is 1. The van der Waals surface area contributed by atoms with Crippen LogP contribution in [0, 0.1) is 0 Å². The van der Waals surface area contributed by atoms with Gasteiger partial charge in [0.05, 0.1) is 5.56 Å². The molecule has 1 aliphatic rings. The quantitative estimate of drug-likeness (QED) is 0.676. The molecule has 1 N–H and O–H groups in total. The Morgan fingerprint density at radius 3 is 2.85 bits per heavy atom. The van der Waals surface area contributed by atoms with Crippen LogP contribution in [0.4, 0.5) is 0 Å². The number of fused-ring (bicyclic) bond motifs is 1. The lowest BCUT2D eigenvalue weighted by Crippen LogP contribution is -2.24. The fraction of sp³-hybridized carbons (Fsp3) is 0.211. The molecule has 1 aromatic heterocycles. The van der Waals surface area contributed by atoms with E-state index in [9.17, 15) is 4.79 Å². The Kier molecular flexibility index (Phi) is 4.72. The molecule has 27 heavy (non-hydrogen) atoms. The van der Waals surface area contributed by atoms with Crippen molar-refractivity contribution in [2.45, 2.75) is 17.0 Å². The first kappa shape index (κ1) is 17.4. The van der Waals surface area contributed by atoms with Crippen molar-refractivity contribution in [3.63, 3.8) is 0 Å². The summed E-state index contributed by atoms with van der Waals surface area (Å²) in [6.07, 6.45) is -0.331. The van der Waals surface area contributed by atoms with Crippen molar-refractivity contribution in [3.8, 4) is 11.5 Å². The number of carboxylic acids is 1. The van der Waals surface area contributed by atoms with E-state index < -0.39 is 5.97 Å². The van der Waals surface area contributed by atoms with Crippen LogP contribution in [-0.4, -0.2) is 32.4 Å². The van der Waals surface area contributed by atoms with Crippen LogP contribution in [0.2, 0.25) is 0 Å². The van der Waals surface area contributed by atoms with Gasteiger partial charge in [-0.1, -0.05) is 36.0 Å². The molecule has 0 spiro atoms. The highest BCUT2D eigenvalue weighted by atomic mass is 32.2. The van der Waals surface area contributed by atoms with Crippen molar-refractivity contribution in [1.29, 1.82) is 0 Å². The summed E-state index contributed by atoms with van der Waals surface area (Å²) in [7, 11) is 1.88. The molecule has 2 aromatic carbocycles. The van der Waals surface area contributed by atoms with E-state index in [-0.39, 0.29) is 11.7 Å². The Bertz CT molecular complexity index is 989. The SMILES string of the molecule is Cn1c(SCc2cccc(C(=O)O)c2)nnc1C1COc2ccccc2O1. The molecule has 8 heteroatoms. The van der Waals surface area contributed by atoms with Crippen molar-refractivity contribution in [3.05, 3.63) is 65.5 Å². The normalized spacial score (nSPS) is 15.5. The lowest BCUT2D eigenvalue weighted by Gasteiger charge is -2.25. The molecule has 0 saturated heterocycles. The monoisotopic (exact) mass is 383 g/mol. The molecule has 0 aliphatic carbocycles. The Balaban J connectivity index is 1.47. The second kappa shape index (κ2) is 7.32. The van der Waals surface area contributed by atoms with Gasteiger partial charge in [-0.3, -0.25) is 0 Å². The molecule has 0 radical (unpaired) electrons. The molecular weight excluding hydrogens is 366 g/mol. The third-order valence-corrected chi connectivity index (χ3v) is 5.30. The zero-order valence-corrected chi connectivity index (χ0v) is 15.3. The molecule has 3 aromatic rings. The average molecular weight is 383 g/mol. The van der Waals surface area contributed by atoms with Crippen LogP contribution in [0.3, 0.4) is 0 Å². The number of para-hydroxylation sites is 2. The van der Waals surface area contributed by atoms with Gasteiger partial charge in [-0.15, -0.1) is 10.2 Å². The smallest absolute Gasteiger partial charge is 0.335 e. The van der Waals surface area contributed by atoms with Crippen molar-refractivity contribution >= 4 is 17.7 Å².